The molecule has 5 nitrogen and oxygen atoms in total. The Labute approximate surface area is 175 Å². The first-order valence-corrected chi connectivity index (χ1v) is 10.6. The van der Waals surface area contributed by atoms with Crippen molar-refractivity contribution in [1.82, 2.24) is 14.9 Å². The molecule has 1 saturated heterocycles. The number of hydrogen-bond acceptors (Lipinski definition) is 4. The zero-order valence-corrected chi connectivity index (χ0v) is 17.2. The predicted octanol–water partition coefficient (Wildman–Crippen LogP) is 4.57. The Morgan fingerprint density at radius 3 is 2.66 bits per heavy atom. The molecule has 1 fully saturated rings. The number of halogens is 1. The maximum absolute atomic E-state index is 11.2. The minimum absolute atomic E-state index is 0.127. The van der Waals surface area contributed by atoms with Crippen LogP contribution in [0.25, 0.3) is 11.5 Å². The minimum atomic E-state index is -0.127. The van der Waals surface area contributed by atoms with Gasteiger partial charge in [-0.15, -0.1) is 0 Å². The molecule has 0 spiro atoms. The summed E-state index contributed by atoms with van der Waals surface area (Å²) in [6.45, 7) is 3.42. The van der Waals surface area contributed by atoms with E-state index in [0.29, 0.717) is 5.89 Å². The molecule has 6 heteroatoms. The molecule has 1 aromatic carbocycles. The van der Waals surface area contributed by atoms with Crippen molar-refractivity contribution in [2.24, 2.45) is 5.92 Å². The molecule has 4 rings (SSSR count). The van der Waals surface area contributed by atoms with Crippen molar-refractivity contribution in [3.8, 4) is 11.5 Å². The van der Waals surface area contributed by atoms with Gasteiger partial charge >= 0.3 is 0 Å². The first-order chi connectivity index (χ1) is 14.2. The highest BCUT2D eigenvalue weighted by atomic mass is 35.5. The van der Waals surface area contributed by atoms with Crippen LogP contribution in [0.15, 0.2) is 58.1 Å². The SMILES string of the molecule is O=c1ccc(-c2nc(CCCN3CCC(Cc4ccc(Cl)cc4)CC3)co2)c[nH]1. The lowest BCUT2D eigenvalue weighted by atomic mass is 9.90. The maximum atomic E-state index is 11.2. The fourth-order valence-corrected chi connectivity index (χ4v) is 4.08. The van der Waals surface area contributed by atoms with Gasteiger partial charge in [0.1, 0.15) is 6.26 Å². The van der Waals surface area contributed by atoms with Crippen molar-refractivity contribution in [2.45, 2.75) is 32.1 Å². The molecule has 3 aromatic rings. The Kier molecular flexibility index (Phi) is 6.47. The van der Waals surface area contributed by atoms with Crippen molar-refractivity contribution in [2.75, 3.05) is 19.6 Å². The van der Waals surface area contributed by atoms with E-state index in [9.17, 15) is 4.79 Å². The van der Waals surface area contributed by atoms with Gasteiger partial charge < -0.3 is 14.3 Å². The van der Waals surface area contributed by atoms with Crippen molar-refractivity contribution < 1.29 is 4.42 Å². The van der Waals surface area contributed by atoms with Crippen LogP contribution in [0.4, 0.5) is 0 Å². The number of rotatable bonds is 7. The number of hydrogen-bond donors (Lipinski definition) is 1. The van der Waals surface area contributed by atoms with Gasteiger partial charge in [0.15, 0.2) is 0 Å². The lowest BCUT2D eigenvalue weighted by molar-refractivity contribution is 0.182. The quantitative estimate of drug-likeness (QED) is 0.618. The standard InChI is InChI=1S/C23H26ClN3O2/c24-20-6-3-17(4-7-20)14-18-9-12-27(13-10-18)11-1-2-21-16-29-23(26-21)19-5-8-22(28)25-15-19/h3-8,15-16,18H,1-2,9-14H2,(H,25,28). The van der Waals surface area contributed by atoms with Crippen molar-refractivity contribution >= 4 is 11.6 Å². The average Bonchev–Trinajstić information content (AvgIpc) is 3.20. The highest BCUT2D eigenvalue weighted by Gasteiger charge is 2.19. The fraction of sp³-hybridized carbons (Fsp3) is 0.391. The number of H-pyrrole nitrogens is 1. The summed E-state index contributed by atoms with van der Waals surface area (Å²) in [4.78, 5) is 20.9. The summed E-state index contributed by atoms with van der Waals surface area (Å²) in [5, 5.41) is 0.807. The Morgan fingerprint density at radius 2 is 1.93 bits per heavy atom. The number of oxazole rings is 1. The molecule has 1 aliphatic rings. The van der Waals surface area contributed by atoms with Gasteiger partial charge in [0.25, 0.3) is 0 Å². The number of nitrogens with zero attached hydrogens (tertiary/aromatic N) is 2. The Hall–Kier alpha value is -2.37. The van der Waals surface area contributed by atoms with Gasteiger partial charge in [-0.05, 0) is 81.4 Å². The van der Waals surface area contributed by atoms with Gasteiger partial charge in [-0.3, -0.25) is 4.79 Å². The summed E-state index contributed by atoms with van der Waals surface area (Å²) in [7, 11) is 0. The van der Waals surface area contributed by atoms with E-state index >= 15 is 0 Å². The smallest absolute Gasteiger partial charge is 0.247 e. The molecule has 1 aliphatic heterocycles. The monoisotopic (exact) mass is 411 g/mol. The molecule has 1 N–H and O–H groups in total. The number of piperidine rings is 1. The van der Waals surface area contributed by atoms with Crippen LogP contribution >= 0.6 is 11.6 Å². The molecular formula is C23H26ClN3O2. The molecule has 0 radical (unpaired) electrons. The van der Waals surface area contributed by atoms with Crippen LogP contribution in [-0.4, -0.2) is 34.5 Å². The number of pyridine rings is 1. The minimum Gasteiger partial charge on any atom is -0.444 e. The number of aromatic nitrogens is 2. The van der Waals surface area contributed by atoms with Gasteiger partial charge in [-0.25, -0.2) is 4.98 Å². The van der Waals surface area contributed by atoms with Crippen molar-refractivity contribution in [3.05, 3.63) is 75.5 Å². The lowest BCUT2D eigenvalue weighted by Crippen LogP contribution is -2.35. The summed E-state index contributed by atoms with van der Waals surface area (Å²) >= 11 is 5.97. The predicted molar refractivity (Wildman–Crippen MR) is 115 cm³/mol. The maximum Gasteiger partial charge on any atom is 0.247 e. The summed E-state index contributed by atoms with van der Waals surface area (Å²) in [5.74, 6) is 1.32. The second-order valence-electron chi connectivity index (χ2n) is 7.80. The average molecular weight is 412 g/mol. The largest absolute Gasteiger partial charge is 0.444 e. The summed E-state index contributed by atoms with van der Waals surface area (Å²) in [5.41, 5.74) is 3.01. The van der Waals surface area contributed by atoms with Gasteiger partial charge in [0, 0.05) is 17.3 Å². The molecule has 0 aliphatic carbocycles. The van der Waals surface area contributed by atoms with Gasteiger partial charge in [0.05, 0.1) is 11.3 Å². The number of nitrogens with one attached hydrogen (secondary N) is 1. The number of aromatic amines is 1. The molecular weight excluding hydrogens is 386 g/mol. The molecule has 3 heterocycles. The van der Waals surface area contributed by atoms with Gasteiger partial charge in [0.2, 0.25) is 11.4 Å². The Morgan fingerprint density at radius 1 is 1.14 bits per heavy atom. The van der Waals surface area contributed by atoms with E-state index in [0.717, 1.165) is 48.0 Å². The molecule has 29 heavy (non-hydrogen) atoms. The fourth-order valence-electron chi connectivity index (χ4n) is 3.95. The second kappa shape index (κ2) is 9.42. The van der Waals surface area contributed by atoms with Crippen LogP contribution in [0, 0.1) is 5.92 Å². The number of likely N-dealkylation sites (tertiary alicyclic amines) is 1. The van der Waals surface area contributed by atoms with Crippen LogP contribution in [0.3, 0.4) is 0 Å². The zero-order valence-electron chi connectivity index (χ0n) is 16.4. The summed E-state index contributed by atoms with van der Waals surface area (Å²) in [6.07, 6.45) is 8.98. The zero-order chi connectivity index (χ0) is 20.1. The van der Waals surface area contributed by atoms with E-state index in [2.05, 4.69) is 27.0 Å². The highest BCUT2D eigenvalue weighted by Crippen LogP contribution is 2.23. The van der Waals surface area contributed by atoms with Crippen LogP contribution < -0.4 is 5.56 Å². The summed E-state index contributed by atoms with van der Waals surface area (Å²) < 4.78 is 5.56. The normalized spacial score (nSPS) is 15.6. The van der Waals surface area contributed by atoms with E-state index in [1.807, 2.05) is 12.1 Å². The van der Waals surface area contributed by atoms with E-state index in [-0.39, 0.29) is 5.56 Å². The Balaban J connectivity index is 1.19. The Bertz CT molecular complexity index is 952. The van der Waals surface area contributed by atoms with Crippen LogP contribution in [-0.2, 0) is 12.8 Å². The van der Waals surface area contributed by atoms with E-state index in [1.54, 1.807) is 18.5 Å². The molecule has 152 valence electrons. The second-order valence-corrected chi connectivity index (χ2v) is 8.24. The topological polar surface area (TPSA) is 62.1 Å². The number of benzene rings is 1. The van der Waals surface area contributed by atoms with Gasteiger partial charge in [-0.2, -0.15) is 0 Å². The molecule has 0 atom stereocenters. The van der Waals surface area contributed by atoms with Gasteiger partial charge in [-0.1, -0.05) is 23.7 Å². The van der Waals surface area contributed by atoms with E-state index in [1.165, 1.54) is 37.6 Å². The lowest BCUT2D eigenvalue weighted by Gasteiger charge is -2.32. The third-order valence-electron chi connectivity index (χ3n) is 5.63. The molecule has 2 aromatic heterocycles. The van der Waals surface area contributed by atoms with Crippen molar-refractivity contribution in [3.63, 3.8) is 0 Å². The van der Waals surface area contributed by atoms with Crippen LogP contribution in [0.1, 0.15) is 30.5 Å². The third-order valence-corrected chi connectivity index (χ3v) is 5.89. The van der Waals surface area contributed by atoms with Crippen LogP contribution in [0.2, 0.25) is 5.02 Å². The number of aryl methyl sites for hydroxylation is 1. The highest BCUT2D eigenvalue weighted by molar-refractivity contribution is 6.30. The van der Waals surface area contributed by atoms with E-state index < -0.39 is 0 Å². The first-order valence-electron chi connectivity index (χ1n) is 10.3. The molecule has 0 saturated carbocycles. The molecule has 0 unspecified atom stereocenters. The molecule has 0 amide bonds. The third kappa shape index (κ3) is 5.58. The van der Waals surface area contributed by atoms with E-state index in [4.69, 9.17) is 16.0 Å². The molecule has 0 bridgehead atoms. The van der Waals surface area contributed by atoms with Crippen LogP contribution in [0.5, 0.6) is 0 Å². The first kappa shape index (κ1) is 19.9. The summed E-state index contributed by atoms with van der Waals surface area (Å²) in [6, 6.07) is 11.5. The van der Waals surface area contributed by atoms with Crippen molar-refractivity contribution in [1.29, 1.82) is 0 Å².